The van der Waals surface area contributed by atoms with Gasteiger partial charge in [-0.3, -0.25) is 0 Å². The molecule has 1 saturated heterocycles. The molecule has 9 nitrogen and oxygen atoms in total. The van der Waals surface area contributed by atoms with E-state index >= 15 is 0 Å². The van der Waals surface area contributed by atoms with Gasteiger partial charge in [0, 0.05) is 38.5 Å². The Hall–Kier alpha value is -1.95. The van der Waals surface area contributed by atoms with E-state index in [0.29, 0.717) is 30.9 Å². The van der Waals surface area contributed by atoms with Crippen LogP contribution in [-0.2, 0) is 11.3 Å². The Morgan fingerprint density at radius 1 is 1.32 bits per heavy atom. The smallest absolute Gasteiger partial charge is 0.248 e. The third kappa shape index (κ3) is 7.60. The van der Waals surface area contributed by atoms with Gasteiger partial charge in [0.05, 0.1) is 0 Å². The lowest BCUT2D eigenvalue weighted by molar-refractivity contribution is 0.0683. The second-order valence-electron chi connectivity index (χ2n) is 7.44. The van der Waals surface area contributed by atoms with E-state index in [1.807, 2.05) is 20.0 Å². The molecule has 1 aliphatic rings. The fraction of sp³-hybridized carbons (Fsp3) is 0.619. The lowest BCUT2D eigenvalue weighted by atomic mass is 10.1. The van der Waals surface area contributed by atoms with Gasteiger partial charge in [0.1, 0.15) is 18.5 Å². The van der Waals surface area contributed by atoms with Gasteiger partial charge in [-0.25, -0.2) is 9.98 Å². The highest BCUT2D eigenvalue weighted by Gasteiger charge is 2.21. The van der Waals surface area contributed by atoms with Gasteiger partial charge in [-0.15, -0.1) is 24.0 Å². The SMILES string of the molecule is CCNC(=NCc1nc(C(C)OCC)no1)NC1CCN(c2ccc(C)cn2)CC1.I. The van der Waals surface area contributed by atoms with Crippen LogP contribution in [0.1, 0.15) is 57.0 Å². The van der Waals surface area contributed by atoms with Crippen LogP contribution in [0, 0.1) is 6.92 Å². The number of ether oxygens (including phenoxy) is 1. The normalized spacial score (nSPS) is 16.0. The molecule has 0 aliphatic carbocycles. The number of halogens is 1. The van der Waals surface area contributed by atoms with Crippen molar-refractivity contribution in [1.82, 2.24) is 25.8 Å². The lowest BCUT2D eigenvalue weighted by Gasteiger charge is -2.33. The van der Waals surface area contributed by atoms with Crippen molar-refractivity contribution in [3.8, 4) is 0 Å². The largest absolute Gasteiger partial charge is 0.371 e. The van der Waals surface area contributed by atoms with Crippen LogP contribution in [-0.4, -0.2) is 53.4 Å². The Balaban J connectivity index is 0.00000341. The number of hydrogen-bond donors (Lipinski definition) is 2. The van der Waals surface area contributed by atoms with E-state index in [1.165, 1.54) is 5.56 Å². The highest BCUT2D eigenvalue weighted by Crippen LogP contribution is 2.18. The number of piperidine rings is 1. The second kappa shape index (κ2) is 12.8. The number of aliphatic imine (C=N–C) groups is 1. The minimum atomic E-state index is -0.184. The molecule has 1 atom stereocenters. The van der Waals surface area contributed by atoms with E-state index in [1.54, 1.807) is 0 Å². The summed E-state index contributed by atoms with van der Waals surface area (Å²) in [6.07, 6.45) is 3.79. The van der Waals surface area contributed by atoms with Crippen LogP contribution >= 0.6 is 24.0 Å². The van der Waals surface area contributed by atoms with Gasteiger partial charge in [0.25, 0.3) is 0 Å². The molecule has 0 aromatic carbocycles. The molecule has 0 radical (unpaired) electrons. The Bertz CT molecular complexity index is 804. The van der Waals surface area contributed by atoms with Crippen molar-refractivity contribution in [2.75, 3.05) is 31.1 Å². The van der Waals surface area contributed by atoms with Gasteiger partial charge < -0.3 is 24.8 Å². The third-order valence-electron chi connectivity index (χ3n) is 5.04. The maximum Gasteiger partial charge on any atom is 0.248 e. The fourth-order valence-electron chi connectivity index (χ4n) is 3.38. The number of nitrogens with one attached hydrogen (secondary N) is 2. The first-order chi connectivity index (χ1) is 14.6. The minimum absolute atomic E-state index is 0. The monoisotopic (exact) mass is 543 g/mol. The Kier molecular flexibility index (Phi) is 10.4. The van der Waals surface area contributed by atoms with Gasteiger partial charge in [0.2, 0.25) is 5.89 Å². The van der Waals surface area contributed by atoms with Gasteiger partial charge in [0.15, 0.2) is 11.8 Å². The molecule has 1 fully saturated rings. The average molecular weight is 543 g/mol. The van der Waals surface area contributed by atoms with Crippen molar-refractivity contribution in [2.24, 2.45) is 4.99 Å². The van der Waals surface area contributed by atoms with Crippen molar-refractivity contribution in [1.29, 1.82) is 0 Å². The molecule has 1 aliphatic heterocycles. The Morgan fingerprint density at radius 3 is 2.74 bits per heavy atom. The molecule has 2 aromatic heterocycles. The van der Waals surface area contributed by atoms with Crippen LogP contribution in [0.4, 0.5) is 5.82 Å². The number of hydrogen-bond acceptors (Lipinski definition) is 7. The van der Waals surface area contributed by atoms with E-state index in [0.717, 1.165) is 44.3 Å². The minimum Gasteiger partial charge on any atom is -0.371 e. The molecule has 0 amide bonds. The molecule has 3 rings (SSSR count). The van der Waals surface area contributed by atoms with Crippen molar-refractivity contribution >= 4 is 35.8 Å². The van der Waals surface area contributed by atoms with Gasteiger partial charge in [-0.2, -0.15) is 4.98 Å². The van der Waals surface area contributed by atoms with Gasteiger partial charge in [-0.05, 0) is 52.2 Å². The van der Waals surface area contributed by atoms with Crippen molar-refractivity contribution in [2.45, 2.75) is 59.2 Å². The molecule has 2 N–H and O–H groups in total. The van der Waals surface area contributed by atoms with Crippen LogP contribution in [0.25, 0.3) is 0 Å². The summed E-state index contributed by atoms with van der Waals surface area (Å²) in [5.74, 6) is 2.85. The summed E-state index contributed by atoms with van der Waals surface area (Å²) < 4.78 is 10.8. The summed E-state index contributed by atoms with van der Waals surface area (Å²) >= 11 is 0. The van der Waals surface area contributed by atoms with E-state index < -0.39 is 0 Å². The van der Waals surface area contributed by atoms with E-state index in [4.69, 9.17) is 9.26 Å². The van der Waals surface area contributed by atoms with E-state index in [-0.39, 0.29) is 30.1 Å². The summed E-state index contributed by atoms with van der Waals surface area (Å²) in [5, 5.41) is 10.8. The molecule has 10 heteroatoms. The standard InChI is InChI=1S/C21H33N7O2.HI/c1-5-22-21(24-14-19-26-20(27-30-19)16(4)29-6-2)25-17-9-11-28(12-10-17)18-8-7-15(3)13-23-18;/h7-8,13,16-17H,5-6,9-12,14H2,1-4H3,(H2,22,24,25);1H. The number of rotatable bonds is 8. The molecule has 1 unspecified atom stereocenters. The van der Waals surface area contributed by atoms with Crippen molar-refractivity contribution in [3.63, 3.8) is 0 Å². The Morgan fingerprint density at radius 2 is 2.10 bits per heavy atom. The number of aryl methyl sites for hydroxylation is 1. The zero-order valence-electron chi connectivity index (χ0n) is 18.8. The summed E-state index contributed by atoms with van der Waals surface area (Å²) in [5.41, 5.74) is 1.18. The maximum atomic E-state index is 5.50. The summed E-state index contributed by atoms with van der Waals surface area (Å²) in [6, 6.07) is 4.57. The fourth-order valence-corrected chi connectivity index (χ4v) is 3.38. The summed E-state index contributed by atoms with van der Waals surface area (Å²) in [6.45, 7) is 11.6. The van der Waals surface area contributed by atoms with Crippen LogP contribution in [0.15, 0.2) is 27.8 Å². The molecule has 31 heavy (non-hydrogen) atoms. The van der Waals surface area contributed by atoms with E-state index in [2.05, 4.69) is 61.6 Å². The topological polar surface area (TPSA) is 101 Å². The first kappa shape index (κ1) is 25.3. The highest BCUT2D eigenvalue weighted by molar-refractivity contribution is 14.0. The van der Waals surface area contributed by atoms with Crippen LogP contribution in [0.5, 0.6) is 0 Å². The molecule has 2 aromatic rings. The zero-order chi connectivity index (χ0) is 21.3. The van der Waals surface area contributed by atoms with Crippen LogP contribution in [0.3, 0.4) is 0 Å². The first-order valence-electron chi connectivity index (χ1n) is 10.8. The lowest BCUT2D eigenvalue weighted by Crippen LogP contribution is -2.48. The predicted molar refractivity (Wildman–Crippen MR) is 132 cm³/mol. The average Bonchev–Trinajstić information content (AvgIpc) is 3.23. The highest BCUT2D eigenvalue weighted by atomic mass is 127. The second-order valence-corrected chi connectivity index (χ2v) is 7.44. The molecule has 0 spiro atoms. The van der Waals surface area contributed by atoms with Crippen LogP contribution in [0.2, 0.25) is 0 Å². The molecular formula is C21H34IN7O2. The first-order valence-corrected chi connectivity index (χ1v) is 10.8. The number of pyridine rings is 1. The van der Waals surface area contributed by atoms with Gasteiger partial charge in [-0.1, -0.05) is 11.2 Å². The predicted octanol–water partition coefficient (Wildman–Crippen LogP) is 3.21. The third-order valence-corrected chi connectivity index (χ3v) is 5.04. The molecule has 0 bridgehead atoms. The number of nitrogens with zero attached hydrogens (tertiary/aromatic N) is 5. The number of guanidine groups is 1. The summed E-state index contributed by atoms with van der Waals surface area (Å²) in [4.78, 5) is 15.9. The molecule has 0 saturated carbocycles. The van der Waals surface area contributed by atoms with E-state index in [9.17, 15) is 0 Å². The number of anilines is 1. The van der Waals surface area contributed by atoms with Crippen molar-refractivity contribution < 1.29 is 9.26 Å². The molecule has 172 valence electrons. The van der Waals surface area contributed by atoms with Crippen LogP contribution < -0.4 is 15.5 Å². The maximum absolute atomic E-state index is 5.50. The summed E-state index contributed by atoms with van der Waals surface area (Å²) in [7, 11) is 0. The van der Waals surface area contributed by atoms with Crippen molar-refractivity contribution in [3.05, 3.63) is 35.6 Å². The Labute approximate surface area is 201 Å². The molecular weight excluding hydrogens is 509 g/mol. The quantitative estimate of drug-likeness (QED) is 0.298. The van der Waals surface area contributed by atoms with Gasteiger partial charge >= 0.3 is 0 Å². The number of aromatic nitrogens is 3. The molecule has 3 heterocycles. The zero-order valence-corrected chi connectivity index (χ0v) is 21.1.